The molecule has 0 aromatic heterocycles. The summed E-state index contributed by atoms with van der Waals surface area (Å²) in [6.45, 7) is 0. The van der Waals surface area contributed by atoms with Gasteiger partial charge in [-0.2, -0.15) is 0 Å². The number of aromatic hydroxyl groups is 2. The number of hydrogen-bond donors (Lipinski definition) is 5. The van der Waals surface area contributed by atoms with Crippen molar-refractivity contribution >= 4 is 17.8 Å². The molecule has 108 valence electrons. The molecule has 1 atom stereocenters. The highest BCUT2D eigenvalue weighted by Gasteiger charge is 2.22. The second kappa shape index (κ2) is 6.41. The minimum absolute atomic E-state index is 0.157. The van der Waals surface area contributed by atoms with Crippen LogP contribution >= 0.6 is 0 Å². The molecule has 0 unspecified atom stereocenters. The third kappa shape index (κ3) is 4.16. The normalized spacial score (nSPS) is 11.6. The summed E-state index contributed by atoms with van der Waals surface area (Å²) in [7, 11) is 0. The van der Waals surface area contributed by atoms with Gasteiger partial charge in [-0.05, 0) is 18.6 Å². The van der Waals surface area contributed by atoms with Crippen LogP contribution < -0.4 is 11.1 Å². The van der Waals surface area contributed by atoms with E-state index < -0.39 is 29.6 Å². The van der Waals surface area contributed by atoms with E-state index in [0.717, 1.165) is 12.1 Å². The molecule has 0 saturated heterocycles. The first kappa shape index (κ1) is 15.3. The van der Waals surface area contributed by atoms with E-state index in [1.165, 1.54) is 6.07 Å². The number of nitrogens with one attached hydrogen (secondary N) is 1. The molecule has 1 aromatic rings. The zero-order chi connectivity index (χ0) is 15.3. The van der Waals surface area contributed by atoms with Crippen molar-refractivity contribution in [3.05, 3.63) is 23.8 Å². The van der Waals surface area contributed by atoms with Crippen molar-refractivity contribution in [3.63, 3.8) is 0 Å². The number of primary amides is 1. The van der Waals surface area contributed by atoms with Crippen molar-refractivity contribution in [1.82, 2.24) is 5.32 Å². The average molecular weight is 282 g/mol. The molecule has 1 rings (SSSR count). The molecule has 0 bridgehead atoms. The lowest BCUT2D eigenvalue weighted by atomic mass is 10.1. The number of phenols is 2. The number of hydrogen-bond acceptors (Lipinski definition) is 5. The van der Waals surface area contributed by atoms with E-state index in [9.17, 15) is 19.5 Å². The highest BCUT2D eigenvalue weighted by molar-refractivity contribution is 5.99. The van der Waals surface area contributed by atoms with Gasteiger partial charge in [-0.3, -0.25) is 9.59 Å². The summed E-state index contributed by atoms with van der Waals surface area (Å²) in [4.78, 5) is 33.4. The van der Waals surface area contributed by atoms with Gasteiger partial charge >= 0.3 is 5.97 Å². The molecule has 8 nitrogen and oxygen atoms in total. The minimum atomic E-state index is -1.32. The van der Waals surface area contributed by atoms with Gasteiger partial charge < -0.3 is 26.4 Å². The van der Waals surface area contributed by atoms with Gasteiger partial charge in [0.05, 0.1) is 5.56 Å². The lowest BCUT2D eigenvalue weighted by Crippen LogP contribution is -2.41. The van der Waals surface area contributed by atoms with E-state index >= 15 is 0 Å². The van der Waals surface area contributed by atoms with E-state index in [2.05, 4.69) is 5.32 Å². The third-order valence-corrected chi connectivity index (χ3v) is 2.51. The summed E-state index contributed by atoms with van der Waals surface area (Å²) >= 11 is 0. The molecule has 0 aliphatic rings. The molecule has 1 aromatic carbocycles. The van der Waals surface area contributed by atoms with Crippen LogP contribution in [0.1, 0.15) is 23.2 Å². The lowest BCUT2D eigenvalue weighted by molar-refractivity contribution is -0.139. The number of phenolic OH excluding ortho intramolecular Hbond substituents is 2. The van der Waals surface area contributed by atoms with Gasteiger partial charge in [-0.25, -0.2) is 4.79 Å². The van der Waals surface area contributed by atoms with Crippen molar-refractivity contribution < 1.29 is 29.7 Å². The summed E-state index contributed by atoms with van der Waals surface area (Å²) < 4.78 is 0. The number of carboxylic acids is 1. The summed E-state index contributed by atoms with van der Waals surface area (Å²) in [6, 6.07) is 1.97. The van der Waals surface area contributed by atoms with Gasteiger partial charge in [0.15, 0.2) is 0 Å². The van der Waals surface area contributed by atoms with E-state index in [0.29, 0.717) is 0 Å². The number of carboxylic acid groups (broad SMARTS) is 1. The standard InChI is InChI=1S/C12H14N2O6/c13-10(17)4-3-8(12(19)20)14-11(18)7-2-1-6(15)5-9(7)16/h1-2,5,8,15-16H,3-4H2,(H2,13,17)(H,14,18)(H,19,20)/t8-/m0/s1. The number of benzene rings is 1. The van der Waals surface area contributed by atoms with Crippen LogP contribution in [-0.2, 0) is 9.59 Å². The van der Waals surface area contributed by atoms with Crippen LogP contribution in [0.15, 0.2) is 18.2 Å². The van der Waals surface area contributed by atoms with Crippen LogP contribution in [0.5, 0.6) is 11.5 Å². The van der Waals surface area contributed by atoms with Crippen LogP contribution in [0.25, 0.3) is 0 Å². The van der Waals surface area contributed by atoms with Crippen molar-refractivity contribution in [1.29, 1.82) is 0 Å². The van der Waals surface area contributed by atoms with Crippen molar-refractivity contribution in [2.45, 2.75) is 18.9 Å². The van der Waals surface area contributed by atoms with Gasteiger partial charge in [0.2, 0.25) is 5.91 Å². The van der Waals surface area contributed by atoms with Crippen LogP contribution in [0.4, 0.5) is 0 Å². The summed E-state index contributed by atoms with van der Waals surface area (Å²) in [5, 5.41) is 29.7. The maximum Gasteiger partial charge on any atom is 0.326 e. The fourth-order valence-electron chi connectivity index (χ4n) is 1.49. The molecule has 0 aliphatic carbocycles. The Labute approximate surface area is 113 Å². The molecule has 0 heterocycles. The number of rotatable bonds is 6. The first-order valence-electron chi connectivity index (χ1n) is 5.65. The average Bonchev–Trinajstić information content (AvgIpc) is 2.33. The van der Waals surface area contributed by atoms with Crippen LogP contribution in [0.2, 0.25) is 0 Å². The summed E-state index contributed by atoms with van der Waals surface area (Å²) in [5.41, 5.74) is 4.72. The number of aliphatic carboxylic acids is 1. The fraction of sp³-hybridized carbons (Fsp3) is 0.250. The number of amides is 2. The minimum Gasteiger partial charge on any atom is -0.508 e. The van der Waals surface area contributed by atoms with E-state index in [1.54, 1.807) is 0 Å². The molecule has 6 N–H and O–H groups in total. The SMILES string of the molecule is NC(=O)CC[C@H](NC(=O)c1ccc(O)cc1O)C(=O)O. The second-order valence-corrected chi connectivity index (χ2v) is 4.07. The van der Waals surface area contributed by atoms with Crippen LogP contribution in [0, 0.1) is 0 Å². The fourth-order valence-corrected chi connectivity index (χ4v) is 1.49. The molecule has 0 spiro atoms. The third-order valence-electron chi connectivity index (χ3n) is 2.51. The Morgan fingerprint density at radius 2 is 1.90 bits per heavy atom. The smallest absolute Gasteiger partial charge is 0.326 e. The molecule has 8 heteroatoms. The van der Waals surface area contributed by atoms with Gasteiger partial charge in [-0.15, -0.1) is 0 Å². The number of carbonyl (C=O) groups is 3. The second-order valence-electron chi connectivity index (χ2n) is 4.07. The monoisotopic (exact) mass is 282 g/mol. The molecule has 0 aliphatic heterocycles. The Morgan fingerprint density at radius 1 is 1.25 bits per heavy atom. The maximum absolute atomic E-state index is 11.8. The summed E-state index contributed by atoms with van der Waals surface area (Å²) in [6.07, 6.45) is -0.353. The zero-order valence-corrected chi connectivity index (χ0v) is 10.4. The van der Waals surface area contributed by atoms with Gasteiger partial charge in [-0.1, -0.05) is 0 Å². The molecular weight excluding hydrogens is 268 g/mol. The maximum atomic E-state index is 11.8. The number of carbonyl (C=O) groups excluding carboxylic acids is 2. The molecule has 0 radical (unpaired) electrons. The zero-order valence-electron chi connectivity index (χ0n) is 10.4. The van der Waals surface area contributed by atoms with E-state index in [-0.39, 0.29) is 24.2 Å². The molecule has 0 fully saturated rings. The van der Waals surface area contributed by atoms with Gasteiger partial charge in [0.1, 0.15) is 17.5 Å². The Hall–Kier alpha value is -2.77. The quantitative estimate of drug-likeness (QED) is 0.476. The highest BCUT2D eigenvalue weighted by atomic mass is 16.4. The topological polar surface area (TPSA) is 150 Å². The lowest BCUT2D eigenvalue weighted by Gasteiger charge is -2.14. The van der Waals surface area contributed by atoms with Gasteiger partial charge in [0, 0.05) is 12.5 Å². The van der Waals surface area contributed by atoms with Crippen LogP contribution in [-0.4, -0.2) is 39.1 Å². The predicted molar refractivity (Wildman–Crippen MR) is 67.1 cm³/mol. The Morgan fingerprint density at radius 3 is 2.40 bits per heavy atom. The Balaban J connectivity index is 2.80. The van der Waals surface area contributed by atoms with E-state index in [4.69, 9.17) is 15.9 Å². The first-order valence-corrected chi connectivity index (χ1v) is 5.65. The highest BCUT2D eigenvalue weighted by Crippen LogP contribution is 2.22. The molecule has 20 heavy (non-hydrogen) atoms. The Bertz CT molecular complexity index is 543. The van der Waals surface area contributed by atoms with Crippen molar-refractivity contribution in [2.24, 2.45) is 5.73 Å². The predicted octanol–water partition coefficient (Wildman–Crippen LogP) is -0.454. The Kier molecular flexibility index (Phi) is 4.90. The summed E-state index contributed by atoms with van der Waals surface area (Å²) in [5.74, 6) is -3.56. The van der Waals surface area contributed by atoms with Crippen molar-refractivity contribution in [2.75, 3.05) is 0 Å². The molecule has 2 amide bonds. The number of nitrogens with two attached hydrogens (primary N) is 1. The first-order chi connectivity index (χ1) is 9.31. The molecular formula is C12H14N2O6. The van der Waals surface area contributed by atoms with Crippen molar-refractivity contribution in [3.8, 4) is 11.5 Å². The van der Waals surface area contributed by atoms with Gasteiger partial charge in [0.25, 0.3) is 5.91 Å². The van der Waals surface area contributed by atoms with Crippen LogP contribution in [0.3, 0.4) is 0 Å². The largest absolute Gasteiger partial charge is 0.508 e. The molecule has 0 saturated carbocycles. The van der Waals surface area contributed by atoms with E-state index in [1.807, 2.05) is 0 Å².